The summed E-state index contributed by atoms with van der Waals surface area (Å²) in [6.45, 7) is 2.74. The number of hydrogen-bond acceptors (Lipinski definition) is 3. The Morgan fingerprint density at radius 2 is 2.50 bits per heavy atom. The maximum Gasteiger partial charge on any atom is 0.0669 e. The van der Waals surface area contributed by atoms with Crippen molar-refractivity contribution in [2.75, 3.05) is 26.2 Å². The van der Waals surface area contributed by atoms with Crippen LogP contribution in [0.1, 0.15) is 6.42 Å². The van der Waals surface area contributed by atoms with Crippen LogP contribution in [-0.2, 0) is 0 Å². The summed E-state index contributed by atoms with van der Waals surface area (Å²) in [5.74, 6) is 0.201. The van der Waals surface area contributed by atoms with Gasteiger partial charge < -0.3 is 5.11 Å². The van der Waals surface area contributed by atoms with Crippen LogP contribution in [0.4, 0.5) is 0 Å². The molecule has 1 unspecified atom stereocenters. The fraction of sp³-hybridized carbons (Fsp3) is 0.857. The van der Waals surface area contributed by atoms with Gasteiger partial charge in [-0.15, -0.1) is 0 Å². The molecule has 0 saturated carbocycles. The zero-order chi connectivity index (χ0) is 7.40. The Morgan fingerprint density at radius 1 is 1.70 bits per heavy atom. The van der Waals surface area contributed by atoms with Crippen LogP contribution in [0.15, 0.2) is 0 Å². The molecule has 0 aliphatic carbocycles. The van der Waals surface area contributed by atoms with Gasteiger partial charge in [-0.3, -0.25) is 4.90 Å². The van der Waals surface area contributed by atoms with Gasteiger partial charge in [-0.2, -0.15) is 5.26 Å². The average molecular weight is 140 g/mol. The summed E-state index contributed by atoms with van der Waals surface area (Å²) in [6.07, 6.45) is 0.969. The van der Waals surface area contributed by atoms with Crippen LogP contribution in [-0.4, -0.2) is 36.2 Å². The molecular weight excluding hydrogens is 128 g/mol. The van der Waals surface area contributed by atoms with Crippen LogP contribution in [0.25, 0.3) is 0 Å². The van der Waals surface area contributed by atoms with E-state index in [1.165, 1.54) is 0 Å². The quantitative estimate of drug-likeness (QED) is 0.579. The molecule has 1 fully saturated rings. The summed E-state index contributed by atoms with van der Waals surface area (Å²) in [7, 11) is 0. The predicted octanol–water partition coefficient (Wildman–Crippen LogP) is -0.176. The zero-order valence-electron chi connectivity index (χ0n) is 5.95. The fourth-order valence-electron chi connectivity index (χ4n) is 1.28. The molecule has 1 aliphatic heterocycles. The van der Waals surface area contributed by atoms with Gasteiger partial charge in [0.1, 0.15) is 0 Å². The molecule has 56 valence electrons. The maximum atomic E-state index is 8.56. The molecule has 1 saturated heterocycles. The number of aliphatic hydroxyl groups excluding tert-OH is 1. The first kappa shape index (κ1) is 7.52. The van der Waals surface area contributed by atoms with Gasteiger partial charge in [-0.1, -0.05) is 0 Å². The average Bonchev–Trinajstić information content (AvgIpc) is 2.37. The van der Waals surface area contributed by atoms with Gasteiger partial charge in [-0.25, -0.2) is 0 Å². The van der Waals surface area contributed by atoms with E-state index >= 15 is 0 Å². The van der Waals surface area contributed by atoms with Crippen molar-refractivity contribution in [1.82, 2.24) is 4.90 Å². The third-order valence-corrected chi connectivity index (χ3v) is 1.87. The van der Waals surface area contributed by atoms with E-state index in [1.807, 2.05) is 0 Å². The van der Waals surface area contributed by atoms with E-state index < -0.39 is 0 Å². The molecule has 1 aliphatic rings. The first-order valence-electron chi connectivity index (χ1n) is 3.59. The Morgan fingerprint density at radius 3 is 3.00 bits per heavy atom. The Balaban J connectivity index is 2.23. The number of nitrogens with zero attached hydrogens (tertiary/aromatic N) is 2. The number of likely N-dealkylation sites (tertiary alicyclic amines) is 1. The normalized spacial score (nSPS) is 26.6. The Labute approximate surface area is 60.9 Å². The minimum Gasteiger partial charge on any atom is -0.395 e. The van der Waals surface area contributed by atoms with Crippen molar-refractivity contribution < 1.29 is 5.11 Å². The van der Waals surface area contributed by atoms with Crippen molar-refractivity contribution in [2.24, 2.45) is 5.92 Å². The third-order valence-electron chi connectivity index (χ3n) is 1.87. The third kappa shape index (κ3) is 1.69. The van der Waals surface area contributed by atoms with E-state index in [9.17, 15) is 0 Å². The van der Waals surface area contributed by atoms with Gasteiger partial charge in [0.25, 0.3) is 0 Å². The summed E-state index contributed by atoms with van der Waals surface area (Å²) in [5, 5.41) is 17.1. The maximum absolute atomic E-state index is 8.56. The minimum absolute atomic E-state index is 0.201. The summed E-state index contributed by atoms with van der Waals surface area (Å²) < 4.78 is 0. The summed E-state index contributed by atoms with van der Waals surface area (Å²) in [5.41, 5.74) is 0. The minimum atomic E-state index is 0.201. The largest absolute Gasteiger partial charge is 0.395 e. The lowest BCUT2D eigenvalue weighted by Gasteiger charge is -2.11. The molecule has 0 aromatic heterocycles. The highest BCUT2D eigenvalue weighted by Crippen LogP contribution is 2.13. The van der Waals surface area contributed by atoms with Crippen LogP contribution < -0.4 is 0 Å². The van der Waals surface area contributed by atoms with E-state index in [0.29, 0.717) is 0 Å². The van der Waals surface area contributed by atoms with Gasteiger partial charge >= 0.3 is 0 Å². The van der Waals surface area contributed by atoms with Crippen LogP contribution in [0.5, 0.6) is 0 Å². The van der Waals surface area contributed by atoms with Crippen molar-refractivity contribution >= 4 is 0 Å². The molecule has 1 heterocycles. The van der Waals surface area contributed by atoms with Crippen molar-refractivity contribution in [3.05, 3.63) is 0 Å². The molecule has 1 atom stereocenters. The Kier molecular flexibility index (Phi) is 2.67. The van der Waals surface area contributed by atoms with Crippen LogP contribution >= 0.6 is 0 Å². The molecule has 0 aromatic carbocycles. The highest BCUT2D eigenvalue weighted by molar-refractivity contribution is 4.90. The number of rotatable bonds is 2. The van der Waals surface area contributed by atoms with Crippen molar-refractivity contribution in [1.29, 1.82) is 5.26 Å². The SMILES string of the molecule is N#CC1CCN(CCO)C1. The molecule has 0 bridgehead atoms. The fourth-order valence-corrected chi connectivity index (χ4v) is 1.28. The first-order valence-corrected chi connectivity index (χ1v) is 3.59. The predicted molar refractivity (Wildman–Crippen MR) is 37.2 cm³/mol. The van der Waals surface area contributed by atoms with Crippen molar-refractivity contribution in [3.63, 3.8) is 0 Å². The van der Waals surface area contributed by atoms with E-state index in [2.05, 4.69) is 11.0 Å². The van der Waals surface area contributed by atoms with Crippen LogP contribution in [0.2, 0.25) is 0 Å². The van der Waals surface area contributed by atoms with E-state index in [1.54, 1.807) is 0 Å². The second-order valence-corrected chi connectivity index (χ2v) is 2.64. The van der Waals surface area contributed by atoms with Crippen LogP contribution in [0, 0.1) is 17.2 Å². The van der Waals surface area contributed by atoms with Gasteiger partial charge in [-0.05, 0) is 13.0 Å². The molecule has 3 heteroatoms. The van der Waals surface area contributed by atoms with Crippen molar-refractivity contribution in [2.45, 2.75) is 6.42 Å². The zero-order valence-corrected chi connectivity index (χ0v) is 5.95. The van der Waals surface area contributed by atoms with Gasteiger partial charge in [0, 0.05) is 13.1 Å². The topological polar surface area (TPSA) is 47.3 Å². The number of nitriles is 1. The lowest BCUT2D eigenvalue weighted by Crippen LogP contribution is -2.23. The second-order valence-electron chi connectivity index (χ2n) is 2.64. The molecule has 0 radical (unpaired) electrons. The number of β-amino-alcohol motifs (C(OH)–C–C–N with tert-alkyl or cyclic N) is 1. The molecule has 3 nitrogen and oxygen atoms in total. The lowest BCUT2D eigenvalue weighted by atomic mass is 10.1. The Bertz CT molecular complexity index is 141. The summed E-state index contributed by atoms with van der Waals surface area (Å²) in [6, 6.07) is 2.23. The smallest absolute Gasteiger partial charge is 0.0669 e. The molecule has 0 amide bonds. The number of aliphatic hydroxyl groups is 1. The van der Waals surface area contributed by atoms with Crippen molar-refractivity contribution in [3.8, 4) is 6.07 Å². The molecule has 10 heavy (non-hydrogen) atoms. The van der Waals surface area contributed by atoms with E-state index in [-0.39, 0.29) is 12.5 Å². The van der Waals surface area contributed by atoms with Gasteiger partial charge in [0.05, 0.1) is 18.6 Å². The monoisotopic (exact) mass is 140 g/mol. The first-order chi connectivity index (χ1) is 4.86. The van der Waals surface area contributed by atoms with E-state index in [4.69, 9.17) is 10.4 Å². The molecule has 0 aromatic rings. The Hall–Kier alpha value is -0.590. The molecule has 0 spiro atoms. The lowest BCUT2D eigenvalue weighted by molar-refractivity contribution is 0.219. The summed E-state index contributed by atoms with van der Waals surface area (Å²) in [4.78, 5) is 2.12. The second kappa shape index (κ2) is 3.55. The highest BCUT2D eigenvalue weighted by atomic mass is 16.3. The van der Waals surface area contributed by atoms with Crippen LogP contribution in [0.3, 0.4) is 0 Å². The summed E-state index contributed by atoms with van der Waals surface area (Å²) >= 11 is 0. The van der Waals surface area contributed by atoms with Gasteiger partial charge in [0.15, 0.2) is 0 Å². The van der Waals surface area contributed by atoms with Gasteiger partial charge in [0.2, 0.25) is 0 Å². The number of hydrogen-bond donors (Lipinski definition) is 1. The standard InChI is InChI=1S/C7H12N2O/c8-5-7-1-2-9(6-7)3-4-10/h7,10H,1-4,6H2. The highest BCUT2D eigenvalue weighted by Gasteiger charge is 2.20. The van der Waals surface area contributed by atoms with E-state index in [0.717, 1.165) is 26.1 Å². The molecular formula is C7H12N2O. The molecule has 1 rings (SSSR count). The molecule has 1 N–H and O–H groups in total.